The highest BCUT2D eigenvalue weighted by molar-refractivity contribution is 7.07. The van der Waals surface area contributed by atoms with E-state index in [1.807, 2.05) is 16.8 Å². The van der Waals surface area contributed by atoms with E-state index in [0.29, 0.717) is 13.2 Å². The first-order valence-corrected chi connectivity index (χ1v) is 4.77. The van der Waals surface area contributed by atoms with Gasteiger partial charge in [0.15, 0.2) is 0 Å². The molecule has 0 aliphatic carbocycles. The first kappa shape index (κ1) is 9.67. The maximum Gasteiger partial charge on any atom is 0.0956 e. The van der Waals surface area contributed by atoms with Crippen molar-refractivity contribution < 1.29 is 9.84 Å². The van der Waals surface area contributed by atoms with E-state index in [9.17, 15) is 0 Å². The smallest absolute Gasteiger partial charge is 0.0956 e. The number of aliphatic hydroxyl groups is 1. The molecule has 0 saturated carbocycles. The Hall–Kier alpha value is -0.420. The first-order valence-electron chi connectivity index (χ1n) is 3.83. The molecule has 12 heavy (non-hydrogen) atoms. The zero-order chi connectivity index (χ0) is 8.81. The summed E-state index contributed by atoms with van der Waals surface area (Å²) in [5, 5.41) is 12.5. The molecule has 0 fully saturated rings. The van der Waals surface area contributed by atoms with Gasteiger partial charge in [0.1, 0.15) is 0 Å². The van der Waals surface area contributed by atoms with Gasteiger partial charge in [0.05, 0.1) is 19.3 Å². The SMILES string of the molecule is NCC(OCCO)c1ccsc1. The van der Waals surface area contributed by atoms with E-state index in [4.69, 9.17) is 15.6 Å². The summed E-state index contributed by atoms with van der Waals surface area (Å²) in [6, 6.07) is 1.99. The van der Waals surface area contributed by atoms with E-state index >= 15 is 0 Å². The second kappa shape index (κ2) is 5.27. The number of aliphatic hydroxyl groups excluding tert-OH is 1. The van der Waals surface area contributed by atoms with E-state index in [2.05, 4.69) is 0 Å². The number of hydrogen-bond donors (Lipinski definition) is 2. The van der Waals surface area contributed by atoms with Crippen molar-refractivity contribution in [2.24, 2.45) is 5.73 Å². The molecule has 68 valence electrons. The van der Waals surface area contributed by atoms with Crippen LogP contribution in [0.25, 0.3) is 0 Å². The summed E-state index contributed by atoms with van der Waals surface area (Å²) < 4.78 is 5.32. The maximum absolute atomic E-state index is 8.54. The molecule has 0 aromatic carbocycles. The quantitative estimate of drug-likeness (QED) is 0.715. The molecule has 1 rings (SSSR count). The summed E-state index contributed by atoms with van der Waals surface area (Å²) in [4.78, 5) is 0. The Balaban J connectivity index is 2.45. The van der Waals surface area contributed by atoms with Crippen molar-refractivity contribution in [3.63, 3.8) is 0 Å². The van der Waals surface area contributed by atoms with Crippen molar-refractivity contribution in [1.29, 1.82) is 0 Å². The van der Waals surface area contributed by atoms with Crippen molar-refractivity contribution in [3.8, 4) is 0 Å². The maximum atomic E-state index is 8.54. The number of ether oxygens (including phenoxy) is 1. The fraction of sp³-hybridized carbons (Fsp3) is 0.500. The second-order valence-electron chi connectivity index (χ2n) is 2.38. The fourth-order valence-electron chi connectivity index (χ4n) is 0.954. The topological polar surface area (TPSA) is 55.5 Å². The van der Waals surface area contributed by atoms with Crippen LogP contribution in [0.2, 0.25) is 0 Å². The van der Waals surface area contributed by atoms with E-state index < -0.39 is 0 Å². The number of nitrogens with two attached hydrogens (primary N) is 1. The molecule has 1 heterocycles. The lowest BCUT2D eigenvalue weighted by Gasteiger charge is -2.13. The predicted octanol–water partition coefficient (Wildman–Crippen LogP) is 0.757. The van der Waals surface area contributed by atoms with Crippen LogP contribution in [0.1, 0.15) is 11.7 Å². The van der Waals surface area contributed by atoms with E-state index in [-0.39, 0.29) is 12.7 Å². The molecule has 1 unspecified atom stereocenters. The molecule has 1 aromatic rings. The minimum absolute atomic E-state index is 0.0423. The Bertz CT molecular complexity index is 201. The molecular formula is C8H13NO2S. The van der Waals surface area contributed by atoms with Crippen molar-refractivity contribution in [2.45, 2.75) is 6.10 Å². The van der Waals surface area contributed by atoms with Crippen molar-refractivity contribution in [3.05, 3.63) is 22.4 Å². The summed E-state index contributed by atoms with van der Waals surface area (Å²) in [6.45, 7) is 0.842. The Morgan fingerprint density at radius 2 is 2.50 bits per heavy atom. The van der Waals surface area contributed by atoms with Gasteiger partial charge in [-0.15, -0.1) is 0 Å². The van der Waals surface area contributed by atoms with Gasteiger partial charge in [0, 0.05) is 6.54 Å². The zero-order valence-corrected chi connectivity index (χ0v) is 7.59. The standard InChI is InChI=1S/C8H13NO2S/c9-5-8(11-3-2-10)7-1-4-12-6-7/h1,4,6,8,10H,2-3,5,9H2. The highest BCUT2D eigenvalue weighted by Gasteiger charge is 2.09. The van der Waals surface area contributed by atoms with Crippen LogP contribution >= 0.6 is 11.3 Å². The highest BCUT2D eigenvalue weighted by atomic mass is 32.1. The molecular weight excluding hydrogens is 174 g/mol. The van der Waals surface area contributed by atoms with Crippen LogP contribution in [-0.2, 0) is 4.74 Å². The molecule has 0 spiro atoms. The molecule has 0 aliphatic heterocycles. The molecule has 1 aromatic heterocycles. The minimum Gasteiger partial charge on any atom is -0.394 e. The third kappa shape index (κ3) is 2.57. The summed E-state index contributed by atoms with van der Waals surface area (Å²) in [7, 11) is 0. The van der Waals surface area contributed by atoms with Gasteiger partial charge in [0.2, 0.25) is 0 Å². The summed E-state index contributed by atoms with van der Waals surface area (Å²) in [6.07, 6.45) is -0.0663. The zero-order valence-electron chi connectivity index (χ0n) is 6.77. The van der Waals surface area contributed by atoms with Gasteiger partial charge in [-0.25, -0.2) is 0 Å². The van der Waals surface area contributed by atoms with Gasteiger partial charge >= 0.3 is 0 Å². The van der Waals surface area contributed by atoms with E-state index in [0.717, 1.165) is 5.56 Å². The Labute approximate surface area is 75.8 Å². The van der Waals surface area contributed by atoms with Crippen molar-refractivity contribution in [1.82, 2.24) is 0 Å². The lowest BCUT2D eigenvalue weighted by molar-refractivity contribution is 0.0331. The van der Waals surface area contributed by atoms with Crippen molar-refractivity contribution >= 4 is 11.3 Å². The van der Waals surface area contributed by atoms with Gasteiger partial charge in [0.25, 0.3) is 0 Å². The van der Waals surface area contributed by atoms with Crippen molar-refractivity contribution in [2.75, 3.05) is 19.8 Å². The molecule has 3 nitrogen and oxygen atoms in total. The molecule has 0 aliphatic rings. The van der Waals surface area contributed by atoms with Gasteiger partial charge in [-0.1, -0.05) is 0 Å². The monoisotopic (exact) mass is 187 g/mol. The number of hydrogen-bond acceptors (Lipinski definition) is 4. The second-order valence-corrected chi connectivity index (χ2v) is 3.16. The molecule has 0 saturated heterocycles. The number of thiophene rings is 1. The third-order valence-corrected chi connectivity index (χ3v) is 2.24. The third-order valence-electron chi connectivity index (χ3n) is 1.54. The van der Waals surface area contributed by atoms with Crippen LogP contribution in [0.15, 0.2) is 16.8 Å². The van der Waals surface area contributed by atoms with Crippen LogP contribution in [0, 0.1) is 0 Å². The van der Waals surface area contributed by atoms with Crippen LogP contribution in [0.5, 0.6) is 0 Å². The van der Waals surface area contributed by atoms with E-state index in [1.54, 1.807) is 11.3 Å². The number of rotatable bonds is 5. The van der Waals surface area contributed by atoms with Gasteiger partial charge in [-0.2, -0.15) is 11.3 Å². The lowest BCUT2D eigenvalue weighted by atomic mass is 10.2. The Morgan fingerprint density at radius 3 is 3.00 bits per heavy atom. The Morgan fingerprint density at radius 1 is 1.67 bits per heavy atom. The lowest BCUT2D eigenvalue weighted by Crippen LogP contribution is -2.16. The van der Waals surface area contributed by atoms with Crippen LogP contribution in [0.4, 0.5) is 0 Å². The summed E-state index contributed by atoms with van der Waals surface area (Å²) in [5.41, 5.74) is 6.60. The van der Waals surface area contributed by atoms with Crippen LogP contribution in [-0.4, -0.2) is 24.9 Å². The average molecular weight is 187 g/mol. The molecule has 0 bridgehead atoms. The average Bonchev–Trinajstić information content (AvgIpc) is 2.59. The van der Waals surface area contributed by atoms with Gasteiger partial charge in [-0.3, -0.25) is 0 Å². The van der Waals surface area contributed by atoms with Gasteiger partial charge < -0.3 is 15.6 Å². The molecule has 4 heteroatoms. The fourth-order valence-corrected chi connectivity index (χ4v) is 1.66. The molecule has 0 amide bonds. The largest absolute Gasteiger partial charge is 0.394 e. The molecule has 1 atom stereocenters. The highest BCUT2D eigenvalue weighted by Crippen LogP contribution is 2.18. The van der Waals surface area contributed by atoms with Crippen LogP contribution in [0.3, 0.4) is 0 Å². The molecule has 3 N–H and O–H groups in total. The van der Waals surface area contributed by atoms with Gasteiger partial charge in [-0.05, 0) is 22.4 Å². The van der Waals surface area contributed by atoms with E-state index in [1.165, 1.54) is 0 Å². The summed E-state index contributed by atoms with van der Waals surface area (Å²) in [5.74, 6) is 0. The molecule has 0 radical (unpaired) electrons. The normalized spacial score (nSPS) is 13.2. The minimum atomic E-state index is -0.0663. The first-order chi connectivity index (χ1) is 5.88. The summed E-state index contributed by atoms with van der Waals surface area (Å²) >= 11 is 1.62. The predicted molar refractivity (Wildman–Crippen MR) is 49.2 cm³/mol. The Kier molecular flexibility index (Phi) is 4.24. The van der Waals surface area contributed by atoms with Crippen LogP contribution < -0.4 is 5.73 Å².